The normalized spacial score (nSPS) is 13.0. The molecule has 0 bridgehead atoms. The van der Waals surface area contributed by atoms with E-state index in [1.807, 2.05) is 30.3 Å². The second kappa shape index (κ2) is 8.31. The second-order valence-electron chi connectivity index (χ2n) is 7.32. The lowest BCUT2D eigenvalue weighted by Gasteiger charge is -2.31. The van der Waals surface area contributed by atoms with Crippen LogP contribution in [0.15, 0.2) is 60.7 Å². The maximum Gasteiger partial charge on any atom is 0.0840 e. The fraction of sp³-hybridized carbons (Fsp3) is 0.455. The van der Waals surface area contributed by atoms with Crippen molar-refractivity contribution >= 4 is 0 Å². The van der Waals surface area contributed by atoms with Crippen LogP contribution in [0.3, 0.4) is 0 Å². The highest BCUT2D eigenvalue weighted by Crippen LogP contribution is 2.32. The molecule has 0 saturated carbocycles. The van der Waals surface area contributed by atoms with E-state index in [-0.39, 0.29) is 0 Å². The number of benzene rings is 2. The monoisotopic (exact) mass is 312 g/mol. The second-order valence-corrected chi connectivity index (χ2v) is 7.32. The van der Waals surface area contributed by atoms with Gasteiger partial charge in [0.15, 0.2) is 0 Å². The van der Waals surface area contributed by atoms with Crippen LogP contribution in [0, 0.1) is 5.92 Å². The Morgan fingerprint density at radius 3 is 1.48 bits per heavy atom. The molecule has 2 aromatic carbocycles. The lowest BCUT2D eigenvalue weighted by molar-refractivity contribution is 0.0786. The van der Waals surface area contributed by atoms with Crippen LogP contribution in [0.2, 0.25) is 0 Å². The number of hydrogen-bond acceptors (Lipinski definition) is 1. The lowest BCUT2D eigenvalue weighted by Crippen LogP contribution is -2.25. The van der Waals surface area contributed by atoms with Gasteiger partial charge in [-0.1, -0.05) is 94.8 Å². The van der Waals surface area contributed by atoms with Gasteiger partial charge in [0.1, 0.15) is 0 Å². The topological polar surface area (TPSA) is 20.2 Å². The fourth-order valence-electron chi connectivity index (χ4n) is 2.51. The first-order chi connectivity index (χ1) is 10.7. The third-order valence-electron chi connectivity index (χ3n) is 4.84. The average molecular weight is 312 g/mol. The Morgan fingerprint density at radius 1 is 0.783 bits per heavy atom. The Labute approximate surface area is 142 Å². The predicted molar refractivity (Wildman–Crippen MR) is 101 cm³/mol. The van der Waals surface area contributed by atoms with Crippen molar-refractivity contribution in [3.8, 4) is 0 Å². The van der Waals surface area contributed by atoms with Gasteiger partial charge in [0.25, 0.3) is 0 Å². The van der Waals surface area contributed by atoms with Crippen LogP contribution < -0.4 is 0 Å². The molecule has 0 aliphatic heterocycles. The highest BCUT2D eigenvalue weighted by molar-refractivity contribution is 5.24. The van der Waals surface area contributed by atoms with E-state index in [0.717, 1.165) is 11.5 Å². The molecule has 0 fully saturated rings. The summed E-state index contributed by atoms with van der Waals surface area (Å²) >= 11 is 0. The standard InChI is InChI=1S/C13H20.C9H12O/c1-5-11(2)13(3,4)12-9-7-6-8-10-12;1-9(2,10)8-6-4-3-5-7-8/h6-11H,5H2,1-4H3;3-7,10H,1-2H3. The summed E-state index contributed by atoms with van der Waals surface area (Å²) < 4.78 is 0. The minimum atomic E-state index is -0.707. The smallest absolute Gasteiger partial charge is 0.0840 e. The van der Waals surface area contributed by atoms with Crippen LogP contribution in [-0.2, 0) is 11.0 Å². The largest absolute Gasteiger partial charge is 0.386 e. The van der Waals surface area contributed by atoms with Gasteiger partial charge in [-0.2, -0.15) is 0 Å². The number of hydrogen-bond donors (Lipinski definition) is 1. The highest BCUT2D eigenvalue weighted by Gasteiger charge is 2.25. The van der Waals surface area contributed by atoms with Gasteiger partial charge in [0, 0.05) is 0 Å². The molecular weight excluding hydrogens is 280 g/mol. The van der Waals surface area contributed by atoms with Crippen molar-refractivity contribution in [2.75, 3.05) is 0 Å². The van der Waals surface area contributed by atoms with E-state index in [1.165, 1.54) is 12.0 Å². The van der Waals surface area contributed by atoms with E-state index in [2.05, 4.69) is 58.0 Å². The minimum Gasteiger partial charge on any atom is -0.386 e. The molecule has 1 heteroatoms. The van der Waals surface area contributed by atoms with E-state index in [0.29, 0.717) is 5.41 Å². The van der Waals surface area contributed by atoms with Gasteiger partial charge in [0.05, 0.1) is 5.60 Å². The summed E-state index contributed by atoms with van der Waals surface area (Å²) in [6, 6.07) is 20.4. The zero-order valence-corrected chi connectivity index (χ0v) is 15.5. The first kappa shape index (κ1) is 19.4. The van der Waals surface area contributed by atoms with Crippen LogP contribution in [0.25, 0.3) is 0 Å². The molecule has 1 nitrogen and oxygen atoms in total. The zero-order valence-electron chi connectivity index (χ0n) is 15.5. The summed E-state index contributed by atoms with van der Waals surface area (Å²) in [4.78, 5) is 0. The van der Waals surface area contributed by atoms with E-state index >= 15 is 0 Å². The Balaban J connectivity index is 0.000000238. The molecule has 1 atom stereocenters. The van der Waals surface area contributed by atoms with Gasteiger partial charge in [-0.15, -0.1) is 0 Å². The SMILES string of the molecule is CC(C)(O)c1ccccc1.CCC(C)C(C)(C)c1ccccc1. The predicted octanol–water partition coefficient (Wildman–Crippen LogP) is 5.92. The molecule has 1 N–H and O–H groups in total. The highest BCUT2D eigenvalue weighted by atomic mass is 16.3. The van der Waals surface area contributed by atoms with Gasteiger partial charge in [-0.3, -0.25) is 0 Å². The molecule has 0 spiro atoms. The molecule has 2 aromatic rings. The van der Waals surface area contributed by atoms with Crippen molar-refractivity contribution in [2.45, 2.75) is 59.0 Å². The van der Waals surface area contributed by atoms with Gasteiger partial charge in [-0.25, -0.2) is 0 Å². The van der Waals surface area contributed by atoms with Crippen molar-refractivity contribution in [2.24, 2.45) is 5.92 Å². The molecule has 0 radical (unpaired) electrons. The summed E-state index contributed by atoms with van der Waals surface area (Å²) in [5, 5.41) is 9.49. The van der Waals surface area contributed by atoms with Crippen LogP contribution in [0.1, 0.15) is 59.1 Å². The van der Waals surface area contributed by atoms with Crippen molar-refractivity contribution in [3.63, 3.8) is 0 Å². The van der Waals surface area contributed by atoms with Crippen molar-refractivity contribution in [3.05, 3.63) is 71.8 Å². The molecule has 1 unspecified atom stereocenters. The van der Waals surface area contributed by atoms with Crippen molar-refractivity contribution in [1.29, 1.82) is 0 Å². The summed E-state index contributed by atoms with van der Waals surface area (Å²) in [5.74, 6) is 0.731. The van der Waals surface area contributed by atoms with Gasteiger partial charge in [-0.05, 0) is 36.3 Å². The Hall–Kier alpha value is -1.60. The fourth-order valence-corrected chi connectivity index (χ4v) is 2.51. The quantitative estimate of drug-likeness (QED) is 0.742. The Morgan fingerprint density at radius 2 is 1.17 bits per heavy atom. The zero-order chi connectivity index (χ0) is 17.5. The van der Waals surface area contributed by atoms with Crippen LogP contribution >= 0.6 is 0 Å². The number of rotatable bonds is 4. The first-order valence-electron chi connectivity index (χ1n) is 8.53. The molecule has 0 aromatic heterocycles. The third-order valence-corrected chi connectivity index (χ3v) is 4.84. The molecule has 0 aliphatic rings. The lowest BCUT2D eigenvalue weighted by atomic mass is 9.73. The van der Waals surface area contributed by atoms with Crippen molar-refractivity contribution in [1.82, 2.24) is 0 Å². The molecule has 23 heavy (non-hydrogen) atoms. The van der Waals surface area contributed by atoms with Crippen LogP contribution in [0.5, 0.6) is 0 Å². The summed E-state index contributed by atoms with van der Waals surface area (Å²) in [6.07, 6.45) is 1.24. The number of aliphatic hydroxyl groups is 1. The van der Waals surface area contributed by atoms with Crippen LogP contribution in [-0.4, -0.2) is 5.11 Å². The molecule has 2 rings (SSSR count). The summed E-state index contributed by atoms with van der Waals surface area (Å²) in [6.45, 7) is 12.8. The van der Waals surface area contributed by atoms with Gasteiger partial charge < -0.3 is 5.11 Å². The maximum atomic E-state index is 9.49. The van der Waals surface area contributed by atoms with E-state index in [1.54, 1.807) is 13.8 Å². The first-order valence-corrected chi connectivity index (χ1v) is 8.53. The van der Waals surface area contributed by atoms with Crippen molar-refractivity contribution < 1.29 is 5.11 Å². The Kier molecular flexibility index (Phi) is 7.02. The maximum absolute atomic E-state index is 9.49. The molecule has 0 saturated heterocycles. The van der Waals surface area contributed by atoms with E-state index < -0.39 is 5.60 Å². The molecule has 0 aliphatic carbocycles. The summed E-state index contributed by atoms with van der Waals surface area (Å²) in [5.41, 5.74) is 2.00. The van der Waals surface area contributed by atoms with E-state index in [9.17, 15) is 5.11 Å². The molecule has 126 valence electrons. The van der Waals surface area contributed by atoms with Gasteiger partial charge in [0.2, 0.25) is 0 Å². The summed E-state index contributed by atoms with van der Waals surface area (Å²) in [7, 11) is 0. The molecular formula is C22H32O. The van der Waals surface area contributed by atoms with E-state index in [4.69, 9.17) is 0 Å². The molecule has 0 heterocycles. The van der Waals surface area contributed by atoms with Crippen LogP contribution in [0.4, 0.5) is 0 Å². The Bertz CT molecular complexity index is 550. The minimum absolute atomic E-state index is 0.302. The average Bonchev–Trinajstić information content (AvgIpc) is 2.55. The molecule has 0 amide bonds. The van der Waals surface area contributed by atoms with Gasteiger partial charge >= 0.3 is 0 Å². The third kappa shape index (κ3) is 5.84.